The average Bonchev–Trinajstić information content (AvgIpc) is 2.84. The maximum absolute atomic E-state index is 12.0. The predicted molar refractivity (Wildman–Crippen MR) is 85.6 cm³/mol. The molecule has 2 N–H and O–H groups in total. The second-order valence-corrected chi connectivity index (χ2v) is 5.82. The van der Waals surface area contributed by atoms with Crippen molar-refractivity contribution in [3.8, 4) is 5.75 Å². The van der Waals surface area contributed by atoms with E-state index < -0.39 is 0 Å². The third-order valence-corrected chi connectivity index (χ3v) is 4.88. The summed E-state index contributed by atoms with van der Waals surface area (Å²) < 4.78 is 10.5. The minimum atomic E-state index is -0.378. The molecule has 0 bridgehead atoms. The lowest BCUT2D eigenvalue weighted by Crippen LogP contribution is -2.46. The Hall–Kier alpha value is -1.47. The number of hydrogen-bond acceptors (Lipinski definition) is 7. The van der Waals surface area contributed by atoms with Gasteiger partial charge in [0.1, 0.15) is 15.6 Å². The number of piperazine rings is 1. The van der Waals surface area contributed by atoms with Crippen LogP contribution in [0.25, 0.3) is 0 Å². The second kappa shape index (κ2) is 7.00. The molecule has 0 saturated carbocycles. The number of carbonyl (C=O) groups is 1. The molecular formula is C14H23N3O3S. The van der Waals surface area contributed by atoms with Crippen molar-refractivity contribution in [1.82, 2.24) is 4.90 Å². The fourth-order valence-electron chi connectivity index (χ4n) is 2.44. The normalized spacial score (nSPS) is 16.0. The lowest BCUT2D eigenvalue weighted by Gasteiger charge is -2.34. The van der Waals surface area contributed by atoms with Crippen molar-refractivity contribution >= 4 is 28.0 Å². The molecule has 21 heavy (non-hydrogen) atoms. The summed E-state index contributed by atoms with van der Waals surface area (Å²) in [6, 6.07) is 0. The first-order valence-corrected chi connectivity index (χ1v) is 8.04. The largest absolute Gasteiger partial charge is 0.492 e. The van der Waals surface area contributed by atoms with E-state index >= 15 is 0 Å². The fraction of sp³-hybridized carbons (Fsp3) is 0.643. The maximum Gasteiger partial charge on any atom is 0.350 e. The Balaban J connectivity index is 2.23. The molecule has 0 amide bonds. The highest BCUT2D eigenvalue weighted by Crippen LogP contribution is 2.45. The first-order chi connectivity index (χ1) is 10.1. The number of nitrogens with two attached hydrogens (primary N) is 1. The van der Waals surface area contributed by atoms with E-state index in [9.17, 15) is 4.79 Å². The lowest BCUT2D eigenvalue weighted by atomic mass is 10.3. The predicted octanol–water partition coefficient (Wildman–Crippen LogP) is 1.66. The zero-order valence-corrected chi connectivity index (χ0v) is 13.7. The minimum absolute atomic E-state index is 0.336. The van der Waals surface area contributed by atoms with Crippen molar-refractivity contribution in [3.63, 3.8) is 0 Å². The van der Waals surface area contributed by atoms with Crippen LogP contribution >= 0.6 is 11.3 Å². The number of anilines is 2. The number of carbonyl (C=O) groups excluding carboxylic acids is 1. The molecule has 1 aromatic heterocycles. The van der Waals surface area contributed by atoms with Gasteiger partial charge in [-0.25, -0.2) is 4.79 Å². The molecule has 118 valence electrons. The number of nitrogens with zero attached hydrogens (tertiary/aromatic N) is 2. The number of methoxy groups -OCH3 is 1. The van der Waals surface area contributed by atoms with Gasteiger partial charge in [-0.05, 0) is 13.5 Å². The van der Waals surface area contributed by atoms with E-state index in [1.54, 1.807) is 14.0 Å². The van der Waals surface area contributed by atoms with Crippen LogP contribution in [0, 0.1) is 0 Å². The topological polar surface area (TPSA) is 68.0 Å². The molecule has 0 aliphatic carbocycles. The zero-order chi connectivity index (χ0) is 15.4. The van der Waals surface area contributed by atoms with Gasteiger partial charge in [-0.15, -0.1) is 11.3 Å². The highest BCUT2D eigenvalue weighted by molar-refractivity contribution is 7.19. The van der Waals surface area contributed by atoms with E-state index in [1.807, 2.05) is 0 Å². The molecule has 0 spiro atoms. The molecule has 6 nitrogen and oxygen atoms in total. The fourth-order valence-corrected chi connectivity index (χ4v) is 3.57. The first-order valence-electron chi connectivity index (χ1n) is 7.23. The van der Waals surface area contributed by atoms with Gasteiger partial charge in [0, 0.05) is 26.2 Å². The molecule has 1 saturated heterocycles. The molecule has 1 fully saturated rings. The van der Waals surface area contributed by atoms with Gasteiger partial charge in [0.15, 0.2) is 5.75 Å². The van der Waals surface area contributed by atoms with Crippen LogP contribution in [0.3, 0.4) is 0 Å². The van der Waals surface area contributed by atoms with E-state index in [0.29, 0.717) is 22.9 Å². The van der Waals surface area contributed by atoms with Crippen LogP contribution < -0.4 is 15.4 Å². The van der Waals surface area contributed by atoms with Crippen molar-refractivity contribution in [2.45, 2.75) is 13.8 Å². The van der Waals surface area contributed by atoms with Gasteiger partial charge in [0.05, 0.1) is 13.7 Å². The SMILES string of the molecule is CCOC(=O)c1sc(N2CCN(CC)CC2)c(OC)c1N. The molecule has 2 rings (SSSR count). The van der Waals surface area contributed by atoms with Gasteiger partial charge < -0.3 is 25.0 Å². The van der Waals surface area contributed by atoms with E-state index in [2.05, 4.69) is 16.7 Å². The van der Waals surface area contributed by atoms with Crippen LogP contribution in [0.5, 0.6) is 5.75 Å². The second-order valence-electron chi connectivity index (χ2n) is 4.83. The van der Waals surface area contributed by atoms with Crippen LogP contribution in [0.4, 0.5) is 10.7 Å². The Kier molecular flexibility index (Phi) is 5.30. The summed E-state index contributed by atoms with van der Waals surface area (Å²) in [5.74, 6) is 0.213. The molecule has 2 heterocycles. The number of hydrogen-bond donors (Lipinski definition) is 1. The molecule has 0 aromatic carbocycles. The van der Waals surface area contributed by atoms with E-state index in [4.69, 9.17) is 15.2 Å². The quantitative estimate of drug-likeness (QED) is 0.834. The number of esters is 1. The van der Waals surface area contributed by atoms with Crippen LogP contribution in [0.2, 0.25) is 0 Å². The Morgan fingerprint density at radius 3 is 2.48 bits per heavy atom. The summed E-state index contributed by atoms with van der Waals surface area (Å²) in [6.07, 6.45) is 0. The summed E-state index contributed by atoms with van der Waals surface area (Å²) >= 11 is 1.36. The number of likely N-dealkylation sites (N-methyl/N-ethyl adjacent to an activating group) is 1. The summed E-state index contributed by atoms with van der Waals surface area (Å²) in [5, 5.41) is 0.925. The highest BCUT2D eigenvalue weighted by atomic mass is 32.1. The monoisotopic (exact) mass is 313 g/mol. The molecule has 1 aromatic rings. The van der Waals surface area contributed by atoms with Gasteiger partial charge in [0.25, 0.3) is 0 Å². The van der Waals surface area contributed by atoms with Gasteiger partial charge in [-0.2, -0.15) is 0 Å². The van der Waals surface area contributed by atoms with Crippen LogP contribution in [-0.4, -0.2) is 57.3 Å². The maximum atomic E-state index is 12.0. The van der Waals surface area contributed by atoms with Gasteiger partial charge in [-0.3, -0.25) is 0 Å². The van der Waals surface area contributed by atoms with Crippen molar-refractivity contribution in [2.24, 2.45) is 0 Å². The van der Waals surface area contributed by atoms with Crippen LogP contribution in [-0.2, 0) is 4.74 Å². The lowest BCUT2D eigenvalue weighted by molar-refractivity contribution is 0.0533. The number of ether oxygens (including phenoxy) is 2. The summed E-state index contributed by atoms with van der Waals surface area (Å²) in [7, 11) is 1.58. The van der Waals surface area contributed by atoms with Gasteiger partial charge >= 0.3 is 5.97 Å². The van der Waals surface area contributed by atoms with Crippen LogP contribution in [0.1, 0.15) is 23.5 Å². The number of nitrogen functional groups attached to an aromatic ring is 1. The molecule has 0 radical (unpaired) electrons. The molecular weight excluding hydrogens is 290 g/mol. The van der Waals surface area contributed by atoms with Gasteiger partial charge in [-0.1, -0.05) is 6.92 Å². The molecule has 1 aliphatic rings. The molecule has 7 heteroatoms. The Bertz CT molecular complexity index is 496. The Morgan fingerprint density at radius 2 is 1.95 bits per heavy atom. The Morgan fingerprint density at radius 1 is 1.29 bits per heavy atom. The first kappa shape index (κ1) is 15.9. The summed E-state index contributed by atoms with van der Waals surface area (Å²) in [4.78, 5) is 17.0. The third-order valence-electron chi connectivity index (χ3n) is 3.65. The average molecular weight is 313 g/mol. The van der Waals surface area contributed by atoms with E-state index in [-0.39, 0.29) is 5.97 Å². The summed E-state index contributed by atoms with van der Waals surface area (Å²) in [6.45, 7) is 9.17. The van der Waals surface area contributed by atoms with E-state index in [1.165, 1.54) is 11.3 Å². The van der Waals surface area contributed by atoms with Crippen molar-refractivity contribution in [3.05, 3.63) is 4.88 Å². The molecule has 0 unspecified atom stereocenters. The highest BCUT2D eigenvalue weighted by Gasteiger charge is 2.27. The minimum Gasteiger partial charge on any atom is -0.492 e. The third kappa shape index (κ3) is 3.24. The van der Waals surface area contributed by atoms with Crippen LogP contribution in [0.15, 0.2) is 0 Å². The van der Waals surface area contributed by atoms with Gasteiger partial charge in [0.2, 0.25) is 0 Å². The molecule has 1 aliphatic heterocycles. The van der Waals surface area contributed by atoms with Crippen molar-refractivity contribution < 1.29 is 14.3 Å². The number of thiophene rings is 1. The summed E-state index contributed by atoms with van der Waals surface area (Å²) in [5.41, 5.74) is 6.44. The van der Waals surface area contributed by atoms with Crippen molar-refractivity contribution in [1.29, 1.82) is 0 Å². The zero-order valence-electron chi connectivity index (χ0n) is 12.8. The number of rotatable bonds is 5. The standard InChI is InChI=1S/C14H23N3O3S/c1-4-16-6-8-17(9-7-16)13-11(19-3)10(15)12(21-13)14(18)20-5-2/h4-9,15H2,1-3H3. The van der Waals surface area contributed by atoms with E-state index in [0.717, 1.165) is 37.7 Å². The Labute approximate surface area is 129 Å². The van der Waals surface area contributed by atoms with Crippen molar-refractivity contribution in [2.75, 3.05) is 57.1 Å². The molecule has 0 atom stereocenters. The smallest absolute Gasteiger partial charge is 0.350 e.